The zero-order valence-corrected chi connectivity index (χ0v) is 15.2. The van der Waals surface area contributed by atoms with E-state index in [1.807, 2.05) is 19.1 Å². The summed E-state index contributed by atoms with van der Waals surface area (Å²) < 4.78 is 17.2. The second kappa shape index (κ2) is 7.77. The Kier molecular flexibility index (Phi) is 5.25. The molecule has 0 radical (unpaired) electrons. The van der Waals surface area contributed by atoms with Crippen LogP contribution in [0.4, 0.5) is 5.69 Å². The van der Waals surface area contributed by atoms with E-state index in [9.17, 15) is 9.59 Å². The Morgan fingerprint density at radius 2 is 1.96 bits per heavy atom. The van der Waals surface area contributed by atoms with Gasteiger partial charge in [0.05, 0.1) is 19.9 Å². The average Bonchev–Trinajstić information content (AvgIpc) is 3.12. The number of fused-ring (bicyclic) bond motifs is 1. The maximum Gasteiger partial charge on any atom is 0.359 e. The largest absolute Gasteiger partial charge is 0.497 e. The zero-order valence-electron chi connectivity index (χ0n) is 15.2. The molecule has 2 heterocycles. The molecule has 0 aliphatic rings. The highest BCUT2D eigenvalue weighted by Gasteiger charge is 2.16. The summed E-state index contributed by atoms with van der Waals surface area (Å²) in [6.07, 6.45) is 1.58. The van der Waals surface area contributed by atoms with Crippen LogP contribution in [-0.4, -0.2) is 42.1 Å². The van der Waals surface area contributed by atoms with Gasteiger partial charge >= 0.3 is 5.97 Å². The number of nitrogens with one attached hydrogen (secondary N) is 1. The summed E-state index contributed by atoms with van der Waals surface area (Å²) in [6.45, 7) is 1.45. The second-order valence-corrected chi connectivity index (χ2v) is 5.71. The number of hydrogen-bond acceptors (Lipinski definition) is 6. The van der Waals surface area contributed by atoms with Gasteiger partial charge in [0.1, 0.15) is 17.1 Å². The lowest BCUT2D eigenvalue weighted by Gasteiger charge is -2.11. The molecule has 1 aromatic carbocycles. The van der Waals surface area contributed by atoms with E-state index in [2.05, 4.69) is 10.3 Å². The number of anilines is 1. The van der Waals surface area contributed by atoms with E-state index in [1.165, 1.54) is 14.2 Å². The summed E-state index contributed by atoms with van der Waals surface area (Å²) in [4.78, 5) is 28.5. The van der Waals surface area contributed by atoms with E-state index in [0.717, 1.165) is 5.69 Å². The Morgan fingerprint density at radius 3 is 2.67 bits per heavy atom. The SMILES string of the molecule is COc1ccc(OC)c(NC(=O)COC(=O)c2cn3c(C)cccc3n2)c1. The van der Waals surface area contributed by atoms with Gasteiger partial charge in [-0.1, -0.05) is 6.07 Å². The fraction of sp³-hybridized carbons (Fsp3) is 0.211. The Morgan fingerprint density at radius 1 is 1.15 bits per heavy atom. The molecule has 0 atom stereocenters. The number of carbonyl (C=O) groups is 2. The van der Waals surface area contributed by atoms with Crippen molar-refractivity contribution in [2.75, 3.05) is 26.1 Å². The maximum atomic E-state index is 12.2. The van der Waals surface area contributed by atoms with Crippen molar-refractivity contribution in [3.63, 3.8) is 0 Å². The first-order chi connectivity index (χ1) is 13.0. The first kappa shape index (κ1) is 18.2. The number of ether oxygens (including phenoxy) is 3. The van der Waals surface area contributed by atoms with E-state index in [1.54, 1.807) is 34.9 Å². The van der Waals surface area contributed by atoms with Crippen molar-refractivity contribution in [2.24, 2.45) is 0 Å². The number of amides is 1. The van der Waals surface area contributed by atoms with Crippen LogP contribution in [0.15, 0.2) is 42.6 Å². The van der Waals surface area contributed by atoms with Crippen LogP contribution in [0.3, 0.4) is 0 Å². The number of pyridine rings is 1. The van der Waals surface area contributed by atoms with Crippen molar-refractivity contribution >= 4 is 23.2 Å². The van der Waals surface area contributed by atoms with Crippen LogP contribution in [0.25, 0.3) is 5.65 Å². The quantitative estimate of drug-likeness (QED) is 0.671. The van der Waals surface area contributed by atoms with Crippen LogP contribution in [-0.2, 0) is 9.53 Å². The van der Waals surface area contributed by atoms with Gasteiger partial charge in [-0.2, -0.15) is 0 Å². The lowest BCUT2D eigenvalue weighted by Crippen LogP contribution is -2.21. The van der Waals surface area contributed by atoms with Crippen LogP contribution >= 0.6 is 0 Å². The highest BCUT2D eigenvalue weighted by atomic mass is 16.5. The standard InChI is InChI=1S/C19H19N3O5/c1-12-5-4-6-17-20-15(10-22(12)17)19(24)27-11-18(23)21-14-9-13(25-2)7-8-16(14)26-3/h4-10H,11H2,1-3H3,(H,21,23). The van der Waals surface area contributed by atoms with Crippen molar-refractivity contribution in [3.8, 4) is 11.5 Å². The first-order valence-corrected chi connectivity index (χ1v) is 8.15. The number of aryl methyl sites for hydroxylation is 1. The number of benzene rings is 1. The molecule has 27 heavy (non-hydrogen) atoms. The molecule has 8 heteroatoms. The molecule has 140 valence electrons. The van der Waals surface area contributed by atoms with Gasteiger partial charge < -0.3 is 23.9 Å². The maximum absolute atomic E-state index is 12.2. The van der Waals surface area contributed by atoms with E-state index in [0.29, 0.717) is 22.8 Å². The minimum atomic E-state index is -0.675. The monoisotopic (exact) mass is 369 g/mol. The number of aromatic nitrogens is 2. The van der Waals surface area contributed by atoms with Gasteiger partial charge in [-0.05, 0) is 31.2 Å². The van der Waals surface area contributed by atoms with Gasteiger partial charge in [0, 0.05) is 18.0 Å². The van der Waals surface area contributed by atoms with E-state index < -0.39 is 18.5 Å². The van der Waals surface area contributed by atoms with Crippen molar-refractivity contribution in [2.45, 2.75) is 6.92 Å². The lowest BCUT2D eigenvalue weighted by atomic mass is 10.2. The van der Waals surface area contributed by atoms with Crippen molar-refractivity contribution in [1.29, 1.82) is 0 Å². The van der Waals surface area contributed by atoms with Gasteiger partial charge in [-0.3, -0.25) is 4.79 Å². The molecule has 0 fully saturated rings. The number of carbonyl (C=O) groups excluding carboxylic acids is 2. The molecule has 1 amide bonds. The average molecular weight is 369 g/mol. The summed E-state index contributed by atoms with van der Waals surface area (Å²) in [6, 6.07) is 10.5. The van der Waals surface area contributed by atoms with E-state index >= 15 is 0 Å². The van der Waals surface area contributed by atoms with Crippen LogP contribution in [0.1, 0.15) is 16.2 Å². The fourth-order valence-electron chi connectivity index (χ4n) is 2.55. The molecule has 0 saturated heterocycles. The van der Waals surface area contributed by atoms with Crippen LogP contribution in [0, 0.1) is 6.92 Å². The normalized spacial score (nSPS) is 10.5. The minimum Gasteiger partial charge on any atom is -0.497 e. The lowest BCUT2D eigenvalue weighted by molar-refractivity contribution is -0.119. The molecule has 3 rings (SSSR count). The third kappa shape index (κ3) is 4.00. The van der Waals surface area contributed by atoms with Crippen molar-refractivity contribution in [3.05, 3.63) is 54.0 Å². The molecule has 2 aromatic heterocycles. The smallest absolute Gasteiger partial charge is 0.359 e. The third-order valence-electron chi connectivity index (χ3n) is 3.92. The Hall–Kier alpha value is -3.55. The predicted octanol–water partition coefficient (Wildman–Crippen LogP) is 2.46. The zero-order chi connectivity index (χ0) is 19.4. The number of imidazole rings is 1. The summed E-state index contributed by atoms with van der Waals surface area (Å²) in [5.74, 6) is -0.157. The summed E-state index contributed by atoms with van der Waals surface area (Å²) in [5.41, 5.74) is 2.12. The molecule has 1 N–H and O–H groups in total. The topological polar surface area (TPSA) is 91.2 Å². The van der Waals surface area contributed by atoms with Crippen LogP contribution in [0.5, 0.6) is 11.5 Å². The molecular weight excluding hydrogens is 350 g/mol. The minimum absolute atomic E-state index is 0.135. The van der Waals surface area contributed by atoms with Crippen molar-refractivity contribution < 1.29 is 23.8 Å². The summed E-state index contributed by atoms with van der Waals surface area (Å²) in [7, 11) is 3.01. The molecule has 0 spiro atoms. The second-order valence-electron chi connectivity index (χ2n) is 5.71. The van der Waals surface area contributed by atoms with Gasteiger partial charge in [0.15, 0.2) is 12.3 Å². The molecule has 3 aromatic rings. The van der Waals surface area contributed by atoms with Gasteiger partial charge in [-0.25, -0.2) is 9.78 Å². The Bertz CT molecular complexity index is 996. The van der Waals surface area contributed by atoms with E-state index in [-0.39, 0.29) is 5.69 Å². The van der Waals surface area contributed by atoms with Gasteiger partial charge in [0.2, 0.25) is 0 Å². The van der Waals surface area contributed by atoms with Gasteiger partial charge in [-0.15, -0.1) is 0 Å². The fourth-order valence-corrected chi connectivity index (χ4v) is 2.55. The van der Waals surface area contributed by atoms with E-state index in [4.69, 9.17) is 14.2 Å². The first-order valence-electron chi connectivity index (χ1n) is 8.15. The third-order valence-corrected chi connectivity index (χ3v) is 3.92. The van der Waals surface area contributed by atoms with Crippen molar-refractivity contribution in [1.82, 2.24) is 9.38 Å². The molecule has 0 saturated carbocycles. The number of methoxy groups -OCH3 is 2. The predicted molar refractivity (Wildman–Crippen MR) is 98.4 cm³/mol. The highest BCUT2D eigenvalue weighted by Crippen LogP contribution is 2.28. The molecular formula is C19H19N3O5. The number of nitrogens with zero attached hydrogens (tertiary/aromatic N) is 2. The Balaban J connectivity index is 1.65. The molecule has 0 aliphatic heterocycles. The summed E-state index contributed by atoms with van der Waals surface area (Å²) in [5, 5.41) is 2.63. The Labute approximate surface area is 155 Å². The van der Waals surface area contributed by atoms with Gasteiger partial charge in [0.25, 0.3) is 5.91 Å². The number of esters is 1. The molecule has 8 nitrogen and oxygen atoms in total. The molecule has 0 bridgehead atoms. The number of rotatable bonds is 6. The van der Waals surface area contributed by atoms with Crippen LogP contribution < -0.4 is 14.8 Å². The molecule has 0 aliphatic carbocycles. The van der Waals surface area contributed by atoms with Crippen LogP contribution in [0.2, 0.25) is 0 Å². The molecule has 0 unspecified atom stereocenters. The number of hydrogen-bond donors (Lipinski definition) is 1. The highest BCUT2D eigenvalue weighted by molar-refractivity contribution is 5.96. The summed E-state index contributed by atoms with van der Waals surface area (Å²) >= 11 is 0.